The van der Waals surface area contributed by atoms with E-state index < -0.39 is 123 Å². The van der Waals surface area contributed by atoms with Gasteiger partial charge in [0.2, 0.25) is 0 Å². The molecule has 3 heterocycles. The lowest BCUT2D eigenvalue weighted by atomic mass is 9.84. The molecule has 4 fully saturated rings. The summed E-state index contributed by atoms with van der Waals surface area (Å²) in [7, 11) is 0. The number of aliphatic hydroxyl groups excluding tert-OH is 7. The highest BCUT2D eigenvalue weighted by Gasteiger charge is 2.54. The standard InChI is InChI=1S/C23H46N6O13/c24-2-7-13(32)15(34)10(28)21(37-7)40-18-6(27)1-5(26)12(31)20(18)42-23-17(36)19(9(4-30)39-23)41-22-11(29)16(35)14(33)8(3-25)38-22/h5-23,30-36H,1-4,24-29H2/t5-,6?,7?,8+,9-,10?,11?,12?,13-,14-,15-,16?,17+,18-,19+,20-,21-,22-,23?/m1/s1. The van der Waals surface area contributed by atoms with E-state index >= 15 is 0 Å². The van der Waals surface area contributed by atoms with Gasteiger partial charge in [-0.15, -0.1) is 0 Å². The van der Waals surface area contributed by atoms with Crippen molar-refractivity contribution in [3.05, 3.63) is 0 Å². The Morgan fingerprint density at radius 1 is 0.524 bits per heavy atom. The van der Waals surface area contributed by atoms with Gasteiger partial charge in [-0.1, -0.05) is 0 Å². The maximum Gasteiger partial charge on any atom is 0.187 e. The van der Waals surface area contributed by atoms with Gasteiger partial charge in [0.05, 0.1) is 24.8 Å². The minimum Gasteiger partial charge on any atom is -0.394 e. The lowest BCUT2D eigenvalue weighted by Gasteiger charge is -2.47. The molecule has 3 saturated heterocycles. The van der Waals surface area contributed by atoms with Crippen LogP contribution in [0.3, 0.4) is 0 Å². The first-order chi connectivity index (χ1) is 19.8. The van der Waals surface area contributed by atoms with Crippen LogP contribution in [0.5, 0.6) is 0 Å². The van der Waals surface area contributed by atoms with Crippen LogP contribution in [0.15, 0.2) is 0 Å². The Hall–Kier alpha value is -0.760. The topological polar surface area (TPSA) is 353 Å². The Balaban J connectivity index is 1.50. The van der Waals surface area contributed by atoms with E-state index in [-0.39, 0.29) is 19.5 Å². The fourth-order valence-corrected chi connectivity index (χ4v) is 5.74. The molecule has 19 N–H and O–H groups in total. The van der Waals surface area contributed by atoms with Gasteiger partial charge in [0.15, 0.2) is 18.9 Å². The molecule has 246 valence electrons. The average molecular weight is 615 g/mol. The number of rotatable bonds is 9. The first-order valence-corrected chi connectivity index (χ1v) is 13.9. The van der Waals surface area contributed by atoms with Gasteiger partial charge in [0.1, 0.15) is 67.1 Å². The normalized spacial score (nSPS) is 53.8. The lowest BCUT2D eigenvalue weighted by Crippen LogP contribution is -2.68. The Bertz CT molecular complexity index is 868. The first kappa shape index (κ1) is 34.1. The van der Waals surface area contributed by atoms with E-state index in [1.807, 2.05) is 0 Å². The summed E-state index contributed by atoms with van der Waals surface area (Å²) in [5.74, 6) is 0. The second-order valence-corrected chi connectivity index (χ2v) is 11.2. The van der Waals surface area contributed by atoms with Gasteiger partial charge in [0, 0.05) is 25.2 Å². The van der Waals surface area contributed by atoms with Crippen LogP contribution in [-0.2, 0) is 28.4 Å². The first-order valence-electron chi connectivity index (χ1n) is 13.9. The molecule has 1 saturated carbocycles. The molecule has 0 amide bonds. The van der Waals surface area contributed by atoms with Crippen LogP contribution in [-0.4, -0.2) is 172 Å². The van der Waals surface area contributed by atoms with Crippen molar-refractivity contribution in [2.45, 2.75) is 123 Å². The van der Waals surface area contributed by atoms with Crippen molar-refractivity contribution in [3.8, 4) is 0 Å². The van der Waals surface area contributed by atoms with E-state index in [9.17, 15) is 35.7 Å². The van der Waals surface area contributed by atoms with Crippen molar-refractivity contribution in [3.63, 3.8) is 0 Å². The molecule has 0 spiro atoms. The largest absolute Gasteiger partial charge is 0.394 e. The van der Waals surface area contributed by atoms with E-state index in [0.29, 0.717) is 0 Å². The molecule has 0 aromatic rings. The molecule has 19 nitrogen and oxygen atoms in total. The highest BCUT2D eigenvalue weighted by atomic mass is 16.8. The van der Waals surface area contributed by atoms with Crippen molar-refractivity contribution in [2.24, 2.45) is 34.4 Å². The molecule has 7 unspecified atom stereocenters. The molecule has 4 aliphatic rings. The Morgan fingerprint density at radius 3 is 1.45 bits per heavy atom. The Morgan fingerprint density at radius 2 is 0.976 bits per heavy atom. The Kier molecular flexibility index (Phi) is 11.5. The minimum absolute atomic E-state index is 0.0889. The van der Waals surface area contributed by atoms with Gasteiger partial charge >= 0.3 is 0 Å². The van der Waals surface area contributed by atoms with Crippen LogP contribution < -0.4 is 34.4 Å². The molecule has 19 heteroatoms. The van der Waals surface area contributed by atoms with Crippen molar-refractivity contribution in [1.29, 1.82) is 0 Å². The maximum atomic E-state index is 11.1. The zero-order chi connectivity index (χ0) is 31.0. The third-order valence-corrected chi connectivity index (χ3v) is 8.37. The minimum atomic E-state index is -1.60. The summed E-state index contributed by atoms with van der Waals surface area (Å²) in [5, 5.41) is 73.0. The van der Waals surface area contributed by atoms with Crippen LogP contribution in [0, 0.1) is 0 Å². The van der Waals surface area contributed by atoms with Gasteiger partial charge in [-0.25, -0.2) is 0 Å². The molecule has 0 aromatic carbocycles. The maximum absolute atomic E-state index is 11.1. The molecule has 19 atom stereocenters. The fraction of sp³-hybridized carbons (Fsp3) is 1.00. The highest BCUT2D eigenvalue weighted by Crippen LogP contribution is 2.34. The third-order valence-electron chi connectivity index (χ3n) is 8.37. The fourth-order valence-electron chi connectivity index (χ4n) is 5.74. The highest BCUT2D eigenvalue weighted by molar-refractivity contribution is 5.02. The van der Waals surface area contributed by atoms with Gasteiger partial charge in [-0.2, -0.15) is 0 Å². The van der Waals surface area contributed by atoms with E-state index in [1.54, 1.807) is 0 Å². The second kappa shape index (κ2) is 14.1. The van der Waals surface area contributed by atoms with Crippen molar-refractivity contribution < 1.29 is 64.2 Å². The monoisotopic (exact) mass is 614 g/mol. The third kappa shape index (κ3) is 6.60. The predicted molar refractivity (Wildman–Crippen MR) is 138 cm³/mol. The van der Waals surface area contributed by atoms with Crippen LogP contribution in [0.1, 0.15) is 6.42 Å². The van der Waals surface area contributed by atoms with E-state index in [2.05, 4.69) is 0 Å². The van der Waals surface area contributed by atoms with E-state index in [4.69, 9.17) is 62.8 Å². The number of hydrogen-bond donors (Lipinski definition) is 13. The molecule has 0 bridgehead atoms. The summed E-state index contributed by atoms with van der Waals surface area (Å²) < 4.78 is 34.6. The van der Waals surface area contributed by atoms with E-state index in [1.165, 1.54) is 0 Å². The Labute approximate surface area is 241 Å². The van der Waals surface area contributed by atoms with Crippen molar-refractivity contribution in [2.75, 3.05) is 19.7 Å². The van der Waals surface area contributed by atoms with Crippen molar-refractivity contribution in [1.82, 2.24) is 0 Å². The molecule has 1 aliphatic carbocycles. The van der Waals surface area contributed by atoms with Crippen LogP contribution >= 0.6 is 0 Å². The van der Waals surface area contributed by atoms with Gasteiger partial charge in [0.25, 0.3) is 0 Å². The molecule has 3 aliphatic heterocycles. The average Bonchev–Trinajstić information content (AvgIpc) is 3.27. The van der Waals surface area contributed by atoms with E-state index in [0.717, 1.165) is 0 Å². The quantitative estimate of drug-likeness (QED) is 0.115. The number of ether oxygens (including phenoxy) is 6. The van der Waals surface area contributed by atoms with Gasteiger partial charge < -0.3 is 98.6 Å². The van der Waals surface area contributed by atoms with Crippen molar-refractivity contribution >= 4 is 0 Å². The summed E-state index contributed by atoms with van der Waals surface area (Å²) in [4.78, 5) is 0. The zero-order valence-electron chi connectivity index (χ0n) is 22.8. The van der Waals surface area contributed by atoms with Crippen LogP contribution in [0.4, 0.5) is 0 Å². The summed E-state index contributed by atoms with van der Waals surface area (Å²) in [6.07, 6.45) is -19.8. The van der Waals surface area contributed by atoms with Crippen LogP contribution in [0.25, 0.3) is 0 Å². The SMILES string of the molecule is NCC1O[C@H](O[C@@H]2C(N)C[C@@H](N)C(O)[C@H]2OC2O[C@H](CO)[C@H](O[C@H]3O[C@@H](CN)[C@@H](O)C(O)C3N)[C@@H]2O)C(N)[C@@H](O)[C@@H]1O. The number of hydrogen-bond acceptors (Lipinski definition) is 19. The molecule has 4 rings (SSSR count). The molecule has 42 heavy (non-hydrogen) atoms. The predicted octanol–water partition coefficient (Wildman–Crippen LogP) is -8.90. The molecular weight excluding hydrogens is 568 g/mol. The molecule has 0 radical (unpaired) electrons. The zero-order valence-corrected chi connectivity index (χ0v) is 22.8. The number of aliphatic hydroxyl groups is 7. The van der Waals surface area contributed by atoms with Crippen LogP contribution in [0.2, 0.25) is 0 Å². The summed E-state index contributed by atoms with van der Waals surface area (Å²) in [5.41, 5.74) is 35.6. The summed E-state index contributed by atoms with van der Waals surface area (Å²) in [6.45, 7) is -0.967. The number of nitrogens with two attached hydrogens (primary N) is 6. The summed E-state index contributed by atoms with van der Waals surface area (Å²) >= 11 is 0. The van der Waals surface area contributed by atoms with Gasteiger partial charge in [-0.05, 0) is 6.42 Å². The molecular formula is C23H46N6O13. The second-order valence-electron chi connectivity index (χ2n) is 11.2. The lowest BCUT2D eigenvalue weighted by molar-refractivity contribution is -0.306. The summed E-state index contributed by atoms with van der Waals surface area (Å²) in [6, 6.07) is -4.18. The smallest absolute Gasteiger partial charge is 0.187 e. The molecule has 0 aromatic heterocycles. The van der Waals surface area contributed by atoms with Gasteiger partial charge in [-0.3, -0.25) is 0 Å².